The largest absolute Gasteiger partial charge is 0.342 e. The number of nitrogens with two attached hydrogens (primary N) is 2. The fourth-order valence-electron chi connectivity index (χ4n) is 3.77. The number of nitrogens with zero attached hydrogens (tertiary/aromatic N) is 2. The van der Waals surface area contributed by atoms with Crippen LogP contribution in [0.15, 0.2) is 29.2 Å². The molecule has 1 aromatic rings. The van der Waals surface area contributed by atoms with E-state index in [0.29, 0.717) is 18.8 Å². The number of primary sulfonamides is 1. The zero-order chi connectivity index (χ0) is 20.0. The molecule has 0 aliphatic carbocycles. The van der Waals surface area contributed by atoms with E-state index in [9.17, 15) is 18.0 Å². The summed E-state index contributed by atoms with van der Waals surface area (Å²) in [6.07, 6.45) is 0.848. The van der Waals surface area contributed by atoms with Crippen LogP contribution in [0, 0.1) is 11.3 Å². The summed E-state index contributed by atoms with van der Waals surface area (Å²) in [7, 11) is -3.86. The van der Waals surface area contributed by atoms with E-state index in [4.69, 9.17) is 10.9 Å². The number of piperidine rings is 1. The fraction of sp³-hybridized carbons (Fsp3) is 0.556. The molecule has 1 aromatic carbocycles. The van der Waals surface area contributed by atoms with Crippen molar-refractivity contribution in [2.24, 2.45) is 22.2 Å². The summed E-state index contributed by atoms with van der Waals surface area (Å²) in [5.41, 5.74) is 6.40. The normalized spacial score (nSPS) is 24.8. The Kier molecular flexibility index (Phi) is 6.44. The average Bonchev–Trinajstić information content (AvgIpc) is 2.98. The van der Waals surface area contributed by atoms with Gasteiger partial charge in [0.25, 0.3) is 0 Å². The molecule has 0 saturated carbocycles. The highest BCUT2D eigenvalue weighted by atomic mass is 35.5. The van der Waals surface area contributed by atoms with Gasteiger partial charge in [0, 0.05) is 37.8 Å². The minimum Gasteiger partial charge on any atom is -0.342 e. The van der Waals surface area contributed by atoms with Crippen LogP contribution in [0.2, 0.25) is 0 Å². The molecular formula is C18H27ClN4O4S. The molecule has 10 heteroatoms. The van der Waals surface area contributed by atoms with Crippen LogP contribution in [0.25, 0.3) is 0 Å². The minimum atomic E-state index is -3.86. The SMILES string of the molecule is CC1(C)CN(C(=O)C2CC(=O)N(c3cccc(S(N)(=O)=O)c3)C2)CCC1N.Cl. The number of amides is 2. The van der Waals surface area contributed by atoms with Crippen LogP contribution in [0.4, 0.5) is 5.69 Å². The van der Waals surface area contributed by atoms with E-state index in [-0.39, 0.29) is 53.5 Å². The van der Waals surface area contributed by atoms with Gasteiger partial charge in [-0.25, -0.2) is 13.6 Å². The highest BCUT2D eigenvalue weighted by molar-refractivity contribution is 7.89. The van der Waals surface area contributed by atoms with Crippen molar-refractivity contribution in [2.45, 2.75) is 37.6 Å². The Morgan fingerprint density at radius 2 is 1.96 bits per heavy atom. The standard InChI is InChI=1S/C18H26N4O4S.ClH/c1-18(2)11-21(7-6-15(18)19)17(24)12-8-16(23)22(10-12)13-4-3-5-14(9-13)27(20,25)26;/h3-5,9,12,15H,6-8,10-11,19H2,1-2H3,(H2,20,25,26);1H. The van der Waals surface area contributed by atoms with Crippen LogP contribution in [-0.2, 0) is 19.6 Å². The van der Waals surface area contributed by atoms with Crippen molar-refractivity contribution >= 4 is 39.9 Å². The van der Waals surface area contributed by atoms with Crippen molar-refractivity contribution in [2.75, 3.05) is 24.5 Å². The number of rotatable bonds is 3. The Bertz CT molecular complexity index is 874. The first-order valence-corrected chi connectivity index (χ1v) is 10.5. The first kappa shape index (κ1) is 22.6. The van der Waals surface area contributed by atoms with E-state index >= 15 is 0 Å². The maximum absolute atomic E-state index is 12.9. The van der Waals surface area contributed by atoms with E-state index in [1.54, 1.807) is 11.0 Å². The molecule has 2 aliphatic rings. The Morgan fingerprint density at radius 3 is 2.57 bits per heavy atom. The van der Waals surface area contributed by atoms with Gasteiger partial charge in [0.15, 0.2) is 0 Å². The monoisotopic (exact) mass is 430 g/mol. The molecule has 0 spiro atoms. The molecule has 2 aliphatic heterocycles. The smallest absolute Gasteiger partial charge is 0.238 e. The molecule has 0 bridgehead atoms. The van der Waals surface area contributed by atoms with Crippen LogP contribution in [0.1, 0.15) is 26.7 Å². The van der Waals surface area contributed by atoms with Gasteiger partial charge in [0.05, 0.1) is 10.8 Å². The van der Waals surface area contributed by atoms with E-state index in [2.05, 4.69) is 0 Å². The molecule has 3 rings (SSSR count). The average molecular weight is 431 g/mol. The zero-order valence-electron chi connectivity index (χ0n) is 16.0. The Labute approximate surface area is 171 Å². The van der Waals surface area contributed by atoms with Gasteiger partial charge in [-0.3, -0.25) is 9.59 Å². The number of benzene rings is 1. The Hall–Kier alpha value is -1.68. The lowest BCUT2D eigenvalue weighted by atomic mass is 9.79. The number of anilines is 1. The third-order valence-electron chi connectivity index (χ3n) is 5.56. The molecule has 4 N–H and O–H groups in total. The second-order valence-electron chi connectivity index (χ2n) is 8.09. The lowest BCUT2D eigenvalue weighted by Crippen LogP contribution is -2.55. The highest BCUT2D eigenvalue weighted by Gasteiger charge is 2.41. The van der Waals surface area contributed by atoms with E-state index in [1.165, 1.54) is 23.1 Å². The molecular weight excluding hydrogens is 404 g/mol. The van der Waals surface area contributed by atoms with Gasteiger partial charge in [0.2, 0.25) is 21.8 Å². The molecule has 2 fully saturated rings. The molecule has 156 valence electrons. The first-order chi connectivity index (χ1) is 12.5. The third kappa shape index (κ3) is 4.48. The summed E-state index contributed by atoms with van der Waals surface area (Å²) < 4.78 is 23.1. The second kappa shape index (κ2) is 7.98. The quantitative estimate of drug-likeness (QED) is 0.729. The third-order valence-corrected chi connectivity index (χ3v) is 6.47. The van der Waals surface area contributed by atoms with Gasteiger partial charge < -0.3 is 15.5 Å². The van der Waals surface area contributed by atoms with Gasteiger partial charge in [-0.15, -0.1) is 12.4 Å². The number of sulfonamides is 1. The number of carbonyl (C=O) groups excluding carboxylic acids is 2. The van der Waals surface area contributed by atoms with E-state index < -0.39 is 15.9 Å². The van der Waals surface area contributed by atoms with Crippen molar-refractivity contribution < 1.29 is 18.0 Å². The van der Waals surface area contributed by atoms with Crippen LogP contribution < -0.4 is 15.8 Å². The first-order valence-electron chi connectivity index (χ1n) is 8.96. The maximum Gasteiger partial charge on any atom is 0.238 e. The lowest BCUT2D eigenvalue weighted by molar-refractivity contribution is -0.139. The van der Waals surface area contributed by atoms with Crippen molar-refractivity contribution in [3.8, 4) is 0 Å². The maximum atomic E-state index is 12.9. The van der Waals surface area contributed by atoms with Crippen molar-refractivity contribution in [1.29, 1.82) is 0 Å². The number of likely N-dealkylation sites (tertiary alicyclic amines) is 1. The van der Waals surface area contributed by atoms with Crippen molar-refractivity contribution in [3.05, 3.63) is 24.3 Å². The van der Waals surface area contributed by atoms with Gasteiger partial charge in [-0.1, -0.05) is 19.9 Å². The van der Waals surface area contributed by atoms with Crippen LogP contribution in [0.5, 0.6) is 0 Å². The topological polar surface area (TPSA) is 127 Å². The Balaban J connectivity index is 0.00000280. The molecule has 28 heavy (non-hydrogen) atoms. The number of carbonyl (C=O) groups is 2. The van der Waals surface area contributed by atoms with Gasteiger partial charge >= 0.3 is 0 Å². The molecule has 0 aromatic heterocycles. The summed E-state index contributed by atoms with van der Waals surface area (Å²) in [6.45, 7) is 5.48. The van der Waals surface area contributed by atoms with Crippen LogP contribution >= 0.6 is 12.4 Å². The predicted molar refractivity (Wildman–Crippen MR) is 108 cm³/mol. The summed E-state index contributed by atoms with van der Waals surface area (Å²) in [5.74, 6) is -0.693. The highest BCUT2D eigenvalue weighted by Crippen LogP contribution is 2.32. The summed E-state index contributed by atoms with van der Waals surface area (Å²) in [5, 5.41) is 5.17. The van der Waals surface area contributed by atoms with Crippen LogP contribution in [0.3, 0.4) is 0 Å². The van der Waals surface area contributed by atoms with Crippen molar-refractivity contribution in [1.82, 2.24) is 4.90 Å². The summed E-state index contributed by atoms with van der Waals surface area (Å²) in [6, 6.07) is 5.96. The van der Waals surface area contributed by atoms with E-state index in [0.717, 1.165) is 6.42 Å². The number of hydrogen-bond acceptors (Lipinski definition) is 5. The number of halogens is 1. The molecule has 2 saturated heterocycles. The van der Waals surface area contributed by atoms with Gasteiger partial charge in [-0.2, -0.15) is 0 Å². The second-order valence-corrected chi connectivity index (χ2v) is 9.65. The van der Waals surface area contributed by atoms with E-state index in [1.807, 2.05) is 13.8 Å². The fourth-order valence-corrected chi connectivity index (χ4v) is 4.32. The molecule has 2 heterocycles. The van der Waals surface area contributed by atoms with Crippen molar-refractivity contribution in [3.63, 3.8) is 0 Å². The molecule has 2 unspecified atom stereocenters. The molecule has 0 radical (unpaired) electrons. The predicted octanol–water partition coefficient (Wildman–Crippen LogP) is 0.695. The van der Waals surface area contributed by atoms with Crippen LogP contribution in [-0.4, -0.2) is 50.8 Å². The minimum absolute atomic E-state index is 0. The molecule has 8 nitrogen and oxygen atoms in total. The van der Waals surface area contributed by atoms with Gasteiger partial charge in [-0.05, 0) is 30.0 Å². The molecule has 2 amide bonds. The number of hydrogen-bond donors (Lipinski definition) is 2. The van der Waals surface area contributed by atoms with Gasteiger partial charge in [0.1, 0.15) is 0 Å². The zero-order valence-corrected chi connectivity index (χ0v) is 17.6. The lowest BCUT2D eigenvalue weighted by Gasteiger charge is -2.43. The summed E-state index contributed by atoms with van der Waals surface area (Å²) in [4.78, 5) is 28.6. The Morgan fingerprint density at radius 1 is 1.29 bits per heavy atom. The summed E-state index contributed by atoms with van der Waals surface area (Å²) >= 11 is 0. The molecule has 2 atom stereocenters.